The predicted molar refractivity (Wildman–Crippen MR) is 57.8 cm³/mol. The average molecular weight is 275 g/mol. The summed E-state index contributed by atoms with van der Waals surface area (Å²) in [5.41, 5.74) is 1.08. The van der Waals surface area contributed by atoms with Gasteiger partial charge in [0.05, 0.1) is 12.5 Å². The zero-order chi connectivity index (χ0) is 8.27. The summed E-state index contributed by atoms with van der Waals surface area (Å²) in [7, 11) is 2.65. The third-order valence-electron chi connectivity index (χ3n) is 1.34. The Morgan fingerprint density at radius 2 is 2.27 bits per heavy atom. The summed E-state index contributed by atoms with van der Waals surface area (Å²) >= 11 is 2.27. The van der Waals surface area contributed by atoms with Crippen LogP contribution in [0.15, 0.2) is 18.2 Å². The lowest BCUT2D eigenvalue weighted by atomic mass is 10.2. The first-order valence-electron chi connectivity index (χ1n) is 3.15. The minimum atomic E-state index is 0.498. The fraction of sp³-hybridized carbons (Fsp3) is 0.125. The maximum Gasteiger partial charge on any atom is 0.0669 e. The zero-order valence-electron chi connectivity index (χ0n) is 5.84. The molecule has 1 unspecified atom stereocenters. The molecule has 1 aromatic carbocycles. The largest absolute Gasteiger partial charge is 0.198 e. The smallest absolute Gasteiger partial charge is 0.0669 e. The van der Waals surface area contributed by atoms with E-state index in [2.05, 4.69) is 37.9 Å². The van der Waals surface area contributed by atoms with E-state index in [9.17, 15) is 0 Å². The van der Waals surface area contributed by atoms with Gasteiger partial charge in [-0.15, -0.1) is 9.24 Å². The second-order valence-corrected chi connectivity index (χ2v) is 3.97. The predicted octanol–water partition coefficient (Wildman–Crippen LogP) is 1.86. The highest BCUT2D eigenvalue weighted by atomic mass is 127. The lowest BCUT2D eigenvalue weighted by molar-refractivity contribution is 1.27. The fourth-order valence-electron chi connectivity index (χ4n) is 0.794. The van der Waals surface area contributed by atoms with Gasteiger partial charge < -0.3 is 0 Å². The monoisotopic (exact) mass is 275 g/mol. The molecule has 11 heavy (non-hydrogen) atoms. The van der Waals surface area contributed by atoms with Gasteiger partial charge in [0.15, 0.2) is 0 Å². The molecule has 0 saturated carbocycles. The van der Waals surface area contributed by atoms with Crippen molar-refractivity contribution in [3.63, 3.8) is 0 Å². The SMILES string of the molecule is N#CCc1ccc(I)c(P)c1. The van der Waals surface area contributed by atoms with Crippen LogP contribution >= 0.6 is 31.8 Å². The number of rotatable bonds is 1. The highest BCUT2D eigenvalue weighted by Crippen LogP contribution is 2.07. The van der Waals surface area contributed by atoms with Crippen molar-refractivity contribution < 1.29 is 0 Å². The summed E-state index contributed by atoms with van der Waals surface area (Å²) in [4.78, 5) is 0. The van der Waals surface area contributed by atoms with Crippen LogP contribution in [0.5, 0.6) is 0 Å². The van der Waals surface area contributed by atoms with E-state index >= 15 is 0 Å². The van der Waals surface area contributed by atoms with E-state index < -0.39 is 0 Å². The van der Waals surface area contributed by atoms with Crippen LogP contribution in [0.1, 0.15) is 5.56 Å². The number of nitriles is 1. The van der Waals surface area contributed by atoms with Gasteiger partial charge in [-0.25, -0.2) is 0 Å². The highest BCUT2D eigenvalue weighted by Gasteiger charge is 1.95. The Hall–Kier alpha value is -0.130. The molecular formula is C8H7INP. The Morgan fingerprint density at radius 1 is 1.55 bits per heavy atom. The molecule has 0 N–H and O–H groups in total. The minimum Gasteiger partial charge on any atom is -0.198 e. The average Bonchev–Trinajstić information content (AvgIpc) is 1.98. The molecule has 0 aromatic heterocycles. The van der Waals surface area contributed by atoms with Crippen LogP contribution in [0.2, 0.25) is 0 Å². The van der Waals surface area contributed by atoms with Crippen LogP contribution in [0.25, 0.3) is 0 Å². The first-order valence-corrected chi connectivity index (χ1v) is 4.80. The number of nitrogens with zero attached hydrogens (tertiary/aromatic N) is 1. The van der Waals surface area contributed by atoms with Crippen molar-refractivity contribution in [2.24, 2.45) is 0 Å². The molecule has 0 amide bonds. The number of hydrogen-bond donors (Lipinski definition) is 0. The Balaban J connectivity index is 2.98. The first kappa shape index (κ1) is 8.96. The lowest BCUT2D eigenvalue weighted by Gasteiger charge is -1.98. The molecule has 1 nitrogen and oxygen atoms in total. The van der Waals surface area contributed by atoms with E-state index in [-0.39, 0.29) is 0 Å². The molecule has 0 radical (unpaired) electrons. The number of benzene rings is 1. The van der Waals surface area contributed by atoms with Crippen LogP contribution in [-0.4, -0.2) is 0 Å². The molecule has 0 fully saturated rings. The van der Waals surface area contributed by atoms with Gasteiger partial charge in [-0.2, -0.15) is 5.26 Å². The summed E-state index contributed by atoms with van der Waals surface area (Å²) < 4.78 is 1.22. The second kappa shape index (κ2) is 4.04. The maximum absolute atomic E-state index is 8.42. The standard InChI is InChI=1S/C8H7INP/c9-7-2-1-6(3-4-10)5-8(7)11/h1-2,5H,3,11H2. The van der Waals surface area contributed by atoms with Crippen LogP contribution in [0.4, 0.5) is 0 Å². The fourth-order valence-corrected chi connectivity index (χ4v) is 1.44. The Kier molecular flexibility index (Phi) is 3.29. The molecule has 0 aliphatic heterocycles. The molecule has 0 aliphatic rings. The van der Waals surface area contributed by atoms with Crippen LogP contribution in [-0.2, 0) is 6.42 Å². The summed E-state index contributed by atoms with van der Waals surface area (Å²) in [5.74, 6) is 0. The van der Waals surface area contributed by atoms with E-state index in [4.69, 9.17) is 5.26 Å². The van der Waals surface area contributed by atoms with Gasteiger partial charge in [0.1, 0.15) is 0 Å². The van der Waals surface area contributed by atoms with Gasteiger partial charge in [-0.1, -0.05) is 6.07 Å². The Morgan fingerprint density at radius 3 is 2.82 bits per heavy atom. The quantitative estimate of drug-likeness (QED) is 0.567. The Bertz CT molecular complexity index is 303. The molecule has 3 heteroatoms. The number of halogens is 1. The topological polar surface area (TPSA) is 23.8 Å². The van der Waals surface area contributed by atoms with E-state index in [0.29, 0.717) is 6.42 Å². The van der Waals surface area contributed by atoms with Gasteiger partial charge in [0.25, 0.3) is 0 Å². The van der Waals surface area contributed by atoms with Crippen LogP contribution in [0.3, 0.4) is 0 Å². The highest BCUT2D eigenvalue weighted by molar-refractivity contribution is 14.1. The van der Waals surface area contributed by atoms with Crippen molar-refractivity contribution in [1.82, 2.24) is 0 Å². The van der Waals surface area contributed by atoms with Gasteiger partial charge >= 0.3 is 0 Å². The third kappa shape index (κ3) is 2.43. The van der Waals surface area contributed by atoms with Crippen molar-refractivity contribution in [2.45, 2.75) is 6.42 Å². The van der Waals surface area contributed by atoms with E-state index in [0.717, 1.165) is 5.56 Å². The van der Waals surface area contributed by atoms with Crippen molar-refractivity contribution in [1.29, 1.82) is 5.26 Å². The normalized spacial score (nSPS) is 9.18. The molecule has 1 aromatic rings. The summed E-state index contributed by atoms with van der Waals surface area (Å²) in [6.07, 6.45) is 0.498. The van der Waals surface area contributed by atoms with E-state index in [1.165, 1.54) is 8.87 Å². The molecule has 1 rings (SSSR count). The van der Waals surface area contributed by atoms with Crippen LogP contribution in [0, 0.1) is 14.9 Å². The molecule has 0 spiro atoms. The minimum absolute atomic E-state index is 0.498. The molecule has 1 atom stereocenters. The zero-order valence-corrected chi connectivity index (χ0v) is 9.15. The van der Waals surface area contributed by atoms with Crippen molar-refractivity contribution in [3.05, 3.63) is 27.3 Å². The molecular weight excluding hydrogens is 268 g/mol. The van der Waals surface area contributed by atoms with E-state index in [1.807, 2.05) is 18.2 Å². The van der Waals surface area contributed by atoms with Crippen molar-refractivity contribution >= 4 is 37.1 Å². The van der Waals surface area contributed by atoms with Crippen molar-refractivity contribution in [2.75, 3.05) is 0 Å². The summed E-state index contributed by atoms with van der Waals surface area (Å²) in [6.45, 7) is 0. The second-order valence-electron chi connectivity index (χ2n) is 2.19. The number of hydrogen-bond acceptors (Lipinski definition) is 1. The lowest BCUT2D eigenvalue weighted by Crippen LogP contribution is -1.97. The van der Waals surface area contributed by atoms with Gasteiger partial charge in [-0.05, 0) is 45.6 Å². The maximum atomic E-state index is 8.42. The first-order chi connectivity index (χ1) is 5.24. The molecule has 0 heterocycles. The summed E-state index contributed by atoms with van der Waals surface area (Å²) in [5, 5.41) is 9.59. The molecule has 0 bridgehead atoms. The van der Waals surface area contributed by atoms with Crippen LogP contribution < -0.4 is 5.30 Å². The van der Waals surface area contributed by atoms with Crippen molar-refractivity contribution in [3.8, 4) is 6.07 Å². The van der Waals surface area contributed by atoms with E-state index in [1.54, 1.807) is 0 Å². The molecule has 0 aliphatic carbocycles. The van der Waals surface area contributed by atoms with Gasteiger partial charge in [0, 0.05) is 3.57 Å². The third-order valence-corrected chi connectivity index (χ3v) is 3.39. The molecule has 0 saturated heterocycles. The Labute approximate surface area is 82.1 Å². The van der Waals surface area contributed by atoms with Gasteiger partial charge in [-0.3, -0.25) is 0 Å². The molecule has 56 valence electrons. The van der Waals surface area contributed by atoms with Gasteiger partial charge in [0.2, 0.25) is 0 Å². The summed E-state index contributed by atoms with van der Waals surface area (Å²) in [6, 6.07) is 8.15.